The summed E-state index contributed by atoms with van der Waals surface area (Å²) in [5.74, 6) is -1.46. The molecule has 0 N–H and O–H groups in total. The molecule has 1 aliphatic heterocycles. The molecule has 0 aromatic heterocycles. The standard InChI is InChI=1S/C17H15BrO5/c18-10-3-1-8(2-4-10)12(19)7-22-16(20)14-9-5-11-13(6-9)23-17(21)15(11)14/h1-4,9,11,13-15H,5-7H2/t9-,11+,13-,14-,15-/m1/s1. The van der Waals surface area contributed by atoms with E-state index in [1.807, 2.05) is 0 Å². The van der Waals surface area contributed by atoms with Crippen LogP contribution in [-0.2, 0) is 19.1 Å². The Kier molecular flexibility index (Phi) is 3.52. The zero-order valence-corrected chi connectivity index (χ0v) is 13.8. The van der Waals surface area contributed by atoms with Crippen molar-refractivity contribution in [2.75, 3.05) is 6.61 Å². The SMILES string of the molecule is O=C(COC(=O)[C@@H]1[C@@H]2C[C@@H]3[C@H]1C(=O)O[C@@H]3C2)c1ccc(Br)cc1. The van der Waals surface area contributed by atoms with Crippen molar-refractivity contribution in [1.29, 1.82) is 0 Å². The highest BCUT2D eigenvalue weighted by Crippen LogP contribution is 2.57. The molecule has 6 heteroatoms. The third kappa shape index (κ3) is 2.40. The van der Waals surface area contributed by atoms with Crippen molar-refractivity contribution in [3.63, 3.8) is 0 Å². The largest absolute Gasteiger partial charge is 0.462 e. The number of carbonyl (C=O) groups is 3. The van der Waals surface area contributed by atoms with Crippen LogP contribution in [0.5, 0.6) is 0 Å². The number of esters is 2. The zero-order chi connectivity index (χ0) is 16.1. The lowest BCUT2D eigenvalue weighted by Crippen LogP contribution is -2.34. The average Bonchev–Trinajstić information content (AvgIpc) is 3.14. The van der Waals surface area contributed by atoms with E-state index in [9.17, 15) is 14.4 Å². The first-order valence-corrected chi connectivity index (χ1v) is 8.50. The highest BCUT2D eigenvalue weighted by Gasteiger charge is 2.64. The topological polar surface area (TPSA) is 69.7 Å². The lowest BCUT2D eigenvalue weighted by molar-refractivity contribution is -0.154. The molecule has 0 radical (unpaired) electrons. The molecular formula is C17H15BrO5. The monoisotopic (exact) mass is 378 g/mol. The molecule has 4 rings (SSSR count). The summed E-state index contributed by atoms with van der Waals surface area (Å²) >= 11 is 3.30. The Balaban J connectivity index is 1.40. The van der Waals surface area contributed by atoms with E-state index in [-0.39, 0.29) is 42.2 Å². The molecule has 5 atom stereocenters. The fraction of sp³-hybridized carbons (Fsp3) is 0.471. The Hall–Kier alpha value is -1.69. The van der Waals surface area contributed by atoms with Crippen LogP contribution in [0.1, 0.15) is 23.2 Å². The number of ketones is 1. The first-order valence-electron chi connectivity index (χ1n) is 7.70. The van der Waals surface area contributed by atoms with Crippen molar-refractivity contribution in [3.05, 3.63) is 34.3 Å². The molecule has 3 fully saturated rings. The minimum atomic E-state index is -0.441. The van der Waals surface area contributed by atoms with E-state index < -0.39 is 11.9 Å². The molecule has 23 heavy (non-hydrogen) atoms. The van der Waals surface area contributed by atoms with Gasteiger partial charge in [-0.1, -0.05) is 28.1 Å². The lowest BCUT2D eigenvalue weighted by Gasteiger charge is -2.22. The van der Waals surface area contributed by atoms with Crippen LogP contribution in [0.25, 0.3) is 0 Å². The van der Waals surface area contributed by atoms with Crippen molar-refractivity contribution in [2.24, 2.45) is 23.7 Å². The van der Waals surface area contributed by atoms with Crippen molar-refractivity contribution in [1.82, 2.24) is 0 Å². The second kappa shape index (κ2) is 5.44. The third-order valence-corrected chi connectivity index (χ3v) is 5.80. The third-order valence-electron chi connectivity index (χ3n) is 5.27. The summed E-state index contributed by atoms with van der Waals surface area (Å²) in [6.45, 7) is -0.292. The van der Waals surface area contributed by atoms with Gasteiger partial charge in [-0.3, -0.25) is 14.4 Å². The number of hydrogen-bond acceptors (Lipinski definition) is 5. The quantitative estimate of drug-likeness (QED) is 0.594. The van der Waals surface area contributed by atoms with Gasteiger partial charge in [-0.05, 0) is 30.9 Å². The van der Waals surface area contributed by atoms with Crippen LogP contribution in [0.15, 0.2) is 28.7 Å². The Bertz CT molecular complexity index is 681. The van der Waals surface area contributed by atoms with E-state index in [0.717, 1.165) is 17.3 Å². The van der Waals surface area contributed by atoms with E-state index in [0.29, 0.717) is 5.56 Å². The summed E-state index contributed by atoms with van der Waals surface area (Å²) in [5.41, 5.74) is 0.495. The summed E-state index contributed by atoms with van der Waals surface area (Å²) < 4.78 is 11.4. The van der Waals surface area contributed by atoms with Crippen molar-refractivity contribution >= 4 is 33.7 Å². The van der Waals surface area contributed by atoms with E-state index >= 15 is 0 Å². The minimum Gasteiger partial charge on any atom is -0.462 e. The van der Waals surface area contributed by atoms with E-state index in [1.54, 1.807) is 24.3 Å². The second-order valence-electron chi connectivity index (χ2n) is 6.46. The van der Waals surface area contributed by atoms with Gasteiger partial charge >= 0.3 is 11.9 Å². The molecule has 1 saturated heterocycles. The summed E-state index contributed by atoms with van der Waals surface area (Å²) in [4.78, 5) is 36.3. The van der Waals surface area contributed by atoms with E-state index in [2.05, 4.69) is 15.9 Å². The maximum atomic E-state index is 12.4. The Morgan fingerprint density at radius 3 is 2.70 bits per heavy atom. The normalized spacial score (nSPS) is 33.6. The molecule has 3 aliphatic rings. The van der Waals surface area contributed by atoms with Gasteiger partial charge in [0.2, 0.25) is 0 Å². The molecule has 1 aromatic carbocycles. The highest BCUT2D eigenvalue weighted by atomic mass is 79.9. The Morgan fingerprint density at radius 1 is 1.22 bits per heavy atom. The molecule has 0 unspecified atom stereocenters. The number of carbonyl (C=O) groups excluding carboxylic acids is 3. The number of ether oxygens (including phenoxy) is 2. The van der Waals surface area contributed by atoms with Gasteiger partial charge in [0.25, 0.3) is 0 Å². The Labute approximate surface area is 141 Å². The van der Waals surface area contributed by atoms with Gasteiger partial charge in [0.15, 0.2) is 12.4 Å². The molecule has 5 nitrogen and oxygen atoms in total. The summed E-state index contributed by atoms with van der Waals surface area (Å²) in [7, 11) is 0. The molecule has 2 saturated carbocycles. The lowest BCUT2D eigenvalue weighted by atomic mass is 9.80. The van der Waals surface area contributed by atoms with Gasteiger partial charge in [-0.25, -0.2) is 0 Å². The maximum Gasteiger partial charge on any atom is 0.310 e. The number of halogens is 1. The molecule has 2 aliphatic carbocycles. The van der Waals surface area contributed by atoms with Gasteiger partial charge < -0.3 is 9.47 Å². The number of benzene rings is 1. The molecular weight excluding hydrogens is 364 g/mol. The summed E-state index contributed by atoms with van der Waals surface area (Å²) in [5, 5.41) is 0. The molecule has 1 heterocycles. The van der Waals surface area contributed by atoms with Crippen LogP contribution in [0.4, 0.5) is 0 Å². The van der Waals surface area contributed by atoms with E-state index in [1.165, 1.54) is 0 Å². The highest BCUT2D eigenvalue weighted by molar-refractivity contribution is 9.10. The first kappa shape index (κ1) is 14.9. The van der Waals surface area contributed by atoms with Crippen LogP contribution < -0.4 is 0 Å². The maximum absolute atomic E-state index is 12.4. The van der Waals surface area contributed by atoms with Gasteiger partial charge in [0.1, 0.15) is 6.10 Å². The van der Waals surface area contributed by atoms with E-state index in [4.69, 9.17) is 9.47 Å². The van der Waals surface area contributed by atoms with Crippen LogP contribution in [-0.4, -0.2) is 30.4 Å². The molecule has 0 amide bonds. The average molecular weight is 379 g/mol. The Morgan fingerprint density at radius 2 is 1.96 bits per heavy atom. The number of fused-ring (bicyclic) bond motifs is 1. The van der Waals surface area contributed by atoms with Crippen LogP contribution in [0, 0.1) is 23.7 Å². The summed E-state index contributed by atoms with van der Waals surface area (Å²) in [6, 6.07) is 6.88. The molecule has 2 bridgehead atoms. The van der Waals surface area contributed by atoms with Gasteiger partial charge in [0, 0.05) is 16.0 Å². The van der Waals surface area contributed by atoms with Gasteiger partial charge in [-0.15, -0.1) is 0 Å². The molecule has 1 aromatic rings. The van der Waals surface area contributed by atoms with Crippen LogP contribution in [0.2, 0.25) is 0 Å². The van der Waals surface area contributed by atoms with Crippen LogP contribution >= 0.6 is 15.9 Å². The predicted molar refractivity (Wildman–Crippen MR) is 82.5 cm³/mol. The zero-order valence-electron chi connectivity index (χ0n) is 12.2. The van der Waals surface area contributed by atoms with Crippen molar-refractivity contribution < 1.29 is 23.9 Å². The summed E-state index contributed by atoms with van der Waals surface area (Å²) in [6.07, 6.45) is 1.58. The number of hydrogen-bond donors (Lipinski definition) is 0. The van der Waals surface area contributed by atoms with Gasteiger partial charge in [0.05, 0.1) is 11.8 Å². The van der Waals surface area contributed by atoms with Crippen LogP contribution in [0.3, 0.4) is 0 Å². The number of rotatable bonds is 4. The van der Waals surface area contributed by atoms with Crippen molar-refractivity contribution in [2.45, 2.75) is 18.9 Å². The van der Waals surface area contributed by atoms with Crippen molar-refractivity contribution in [3.8, 4) is 0 Å². The fourth-order valence-corrected chi connectivity index (χ4v) is 4.54. The smallest absolute Gasteiger partial charge is 0.310 e. The predicted octanol–water partition coefficient (Wildman–Crippen LogP) is 2.37. The fourth-order valence-electron chi connectivity index (χ4n) is 4.28. The number of Topliss-reactive ketones (excluding diaryl/α,β-unsaturated/α-hetero) is 1. The first-order chi connectivity index (χ1) is 11.0. The van der Waals surface area contributed by atoms with Gasteiger partial charge in [-0.2, -0.15) is 0 Å². The minimum absolute atomic E-state index is 0.00838. The molecule has 120 valence electrons. The molecule has 0 spiro atoms. The second-order valence-corrected chi connectivity index (χ2v) is 7.38.